The molecule has 2 aromatic carbocycles. The molecule has 0 N–H and O–H groups in total. The highest BCUT2D eigenvalue weighted by molar-refractivity contribution is 7.10. The molecule has 0 bridgehead atoms. The summed E-state index contributed by atoms with van der Waals surface area (Å²) >= 11 is 7.84. The van der Waals surface area contributed by atoms with Crippen molar-refractivity contribution in [3.8, 4) is 0 Å². The number of benzene rings is 2. The van der Waals surface area contributed by atoms with Gasteiger partial charge in [-0.25, -0.2) is 0 Å². The fourth-order valence-corrected chi connectivity index (χ4v) is 5.09. The second-order valence-corrected chi connectivity index (χ2v) is 9.42. The van der Waals surface area contributed by atoms with Crippen LogP contribution < -0.4 is 0 Å². The summed E-state index contributed by atoms with van der Waals surface area (Å²) in [6.07, 6.45) is 0.830. The van der Waals surface area contributed by atoms with Gasteiger partial charge in [0.05, 0.1) is 6.04 Å². The van der Waals surface area contributed by atoms with E-state index in [1.54, 1.807) is 28.4 Å². The van der Waals surface area contributed by atoms with Gasteiger partial charge in [0.15, 0.2) is 0 Å². The van der Waals surface area contributed by atoms with Gasteiger partial charge in [0.25, 0.3) is 5.91 Å². The molecular weight excluding hydrogens is 428 g/mol. The van der Waals surface area contributed by atoms with E-state index in [0.29, 0.717) is 17.1 Å². The minimum atomic E-state index is -0.166. The van der Waals surface area contributed by atoms with E-state index in [1.807, 2.05) is 61.2 Å². The van der Waals surface area contributed by atoms with Crippen LogP contribution in [0, 0.1) is 0 Å². The summed E-state index contributed by atoms with van der Waals surface area (Å²) in [5.41, 5.74) is 2.79. The first-order chi connectivity index (χ1) is 15.0. The molecule has 1 aliphatic heterocycles. The minimum absolute atomic E-state index is 0.0465. The highest BCUT2D eigenvalue weighted by atomic mass is 35.5. The number of fused-ring (bicyclic) bond motifs is 1. The predicted molar refractivity (Wildman–Crippen MR) is 126 cm³/mol. The quantitative estimate of drug-likeness (QED) is 0.518. The standard InChI is InChI=1S/C25H25ClN2O2S/c1-17(2)28(25(30)19-6-4-3-5-7-19)16-23(29)27-14-12-22-21(13-15-31-22)24(27)18-8-10-20(26)11-9-18/h3-11,13,15,17,24H,12,14,16H2,1-2H3. The Balaban J connectivity index is 1.62. The van der Waals surface area contributed by atoms with Gasteiger partial charge in [-0.05, 0) is 67.1 Å². The van der Waals surface area contributed by atoms with Crippen molar-refractivity contribution in [1.29, 1.82) is 0 Å². The number of carbonyl (C=O) groups excluding carboxylic acids is 2. The third-order valence-corrected chi connectivity index (χ3v) is 6.93. The summed E-state index contributed by atoms with van der Waals surface area (Å²) in [6, 6.07) is 18.7. The number of rotatable bonds is 5. The van der Waals surface area contributed by atoms with E-state index >= 15 is 0 Å². The van der Waals surface area contributed by atoms with E-state index < -0.39 is 0 Å². The van der Waals surface area contributed by atoms with Crippen molar-refractivity contribution in [1.82, 2.24) is 9.80 Å². The van der Waals surface area contributed by atoms with Crippen LogP contribution in [-0.2, 0) is 11.2 Å². The molecule has 1 atom stereocenters. The lowest BCUT2D eigenvalue weighted by Gasteiger charge is -2.38. The van der Waals surface area contributed by atoms with Crippen LogP contribution in [0.1, 0.15) is 46.3 Å². The van der Waals surface area contributed by atoms with Crippen LogP contribution in [0.15, 0.2) is 66.0 Å². The Hall–Kier alpha value is -2.63. The van der Waals surface area contributed by atoms with Crippen LogP contribution >= 0.6 is 22.9 Å². The Morgan fingerprint density at radius 3 is 2.48 bits per heavy atom. The number of amides is 2. The number of carbonyl (C=O) groups is 2. The number of halogens is 1. The molecule has 2 amide bonds. The molecule has 0 aliphatic carbocycles. The summed E-state index contributed by atoms with van der Waals surface area (Å²) in [5.74, 6) is -0.171. The Bertz CT molecular complexity index is 1060. The van der Waals surface area contributed by atoms with Gasteiger partial charge in [-0.1, -0.05) is 41.9 Å². The third-order valence-electron chi connectivity index (χ3n) is 5.68. The maximum atomic E-state index is 13.5. The Morgan fingerprint density at radius 1 is 1.10 bits per heavy atom. The predicted octanol–water partition coefficient (Wildman–Crippen LogP) is 5.43. The van der Waals surface area contributed by atoms with Crippen molar-refractivity contribution < 1.29 is 9.59 Å². The molecule has 0 fully saturated rings. The summed E-state index contributed by atoms with van der Waals surface area (Å²) < 4.78 is 0. The highest BCUT2D eigenvalue weighted by Crippen LogP contribution is 2.38. The van der Waals surface area contributed by atoms with E-state index in [0.717, 1.165) is 17.5 Å². The average Bonchev–Trinajstić information content (AvgIpc) is 3.26. The fourth-order valence-electron chi connectivity index (χ4n) is 4.06. The summed E-state index contributed by atoms with van der Waals surface area (Å²) in [6.45, 7) is 4.57. The van der Waals surface area contributed by atoms with Crippen LogP contribution in [0.3, 0.4) is 0 Å². The molecule has 160 valence electrons. The van der Waals surface area contributed by atoms with Gasteiger partial charge < -0.3 is 9.80 Å². The van der Waals surface area contributed by atoms with E-state index in [2.05, 4.69) is 11.4 Å². The lowest BCUT2D eigenvalue weighted by atomic mass is 9.93. The molecule has 0 radical (unpaired) electrons. The zero-order valence-electron chi connectivity index (χ0n) is 17.6. The third kappa shape index (κ3) is 4.53. The van der Waals surface area contributed by atoms with Crippen LogP contribution in [0.4, 0.5) is 0 Å². The van der Waals surface area contributed by atoms with Gasteiger partial charge in [0.2, 0.25) is 5.91 Å². The Kier molecular flexibility index (Phi) is 6.44. The topological polar surface area (TPSA) is 40.6 Å². The molecule has 1 aromatic heterocycles. The van der Waals surface area contributed by atoms with Crippen molar-refractivity contribution in [2.45, 2.75) is 32.4 Å². The summed E-state index contributed by atoms with van der Waals surface area (Å²) in [4.78, 5) is 31.5. The van der Waals surface area contributed by atoms with Crippen LogP contribution in [-0.4, -0.2) is 40.7 Å². The second-order valence-electron chi connectivity index (χ2n) is 7.98. The van der Waals surface area contributed by atoms with Gasteiger partial charge in [-0.15, -0.1) is 11.3 Å². The van der Waals surface area contributed by atoms with Crippen LogP contribution in [0.5, 0.6) is 0 Å². The molecule has 0 saturated heterocycles. The van der Waals surface area contributed by atoms with Crippen LogP contribution in [0.2, 0.25) is 5.02 Å². The SMILES string of the molecule is CC(C)N(CC(=O)N1CCc2sccc2C1c1ccc(Cl)cc1)C(=O)c1ccccc1. The van der Waals surface area contributed by atoms with E-state index in [9.17, 15) is 9.59 Å². The normalized spacial score (nSPS) is 15.6. The van der Waals surface area contributed by atoms with Crippen LogP contribution in [0.25, 0.3) is 0 Å². The summed E-state index contributed by atoms with van der Waals surface area (Å²) in [7, 11) is 0. The Morgan fingerprint density at radius 2 is 1.81 bits per heavy atom. The number of hydrogen-bond donors (Lipinski definition) is 0. The second kappa shape index (κ2) is 9.25. The molecule has 0 saturated carbocycles. The largest absolute Gasteiger partial charge is 0.330 e. The molecule has 2 heterocycles. The number of hydrogen-bond acceptors (Lipinski definition) is 3. The summed E-state index contributed by atoms with van der Waals surface area (Å²) in [5, 5.41) is 2.75. The highest BCUT2D eigenvalue weighted by Gasteiger charge is 2.34. The van der Waals surface area contributed by atoms with Gasteiger partial charge in [0.1, 0.15) is 6.54 Å². The maximum absolute atomic E-state index is 13.5. The van der Waals surface area contributed by atoms with E-state index in [-0.39, 0.29) is 30.4 Å². The first-order valence-electron chi connectivity index (χ1n) is 10.4. The maximum Gasteiger partial charge on any atom is 0.254 e. The monoisotopic (exact) mass is 452 g/mol. The first kappa shape index (κ1) is 21.6. The lowest BCUT2D eigenvalue weighted by Crippen LogP contribution is -2.48. The zero-order chi connectivity index (χ0) is 22.0. The molecule has 0 spiro atoms. The molecule has 4 nitrogen and oxygen atoms in total. The smallest absolute Gasteiger partial charge is 0.254 e. The Labute approximate surface area is 192 Å². The van der Waals surface area contributed by atoms with Crippen molar-refractivity contribution in [2.24, 2.45) is 0 Å². The van der Waals surface area contributed by atoms with Crippen molar-refractivity contribution >= 4 is 34.8 Å². The molecule has 31 heavy (non-hydrogen) atoms. The van der Waals surface area contributed by atoms with Gasteiger partial charge in [-0.3, -0.25) is 9.59 Å². The first-order valence-corrected chi connectivity index (χ1v) is 11.7. The molecule has 3 aromatic rings. The van der Waals surface area contributed by atoms with E-state index in [4.69, 9.17) is 11.6 Å². The van der Waals surface area contributed by atoms with Gasteiger partial charge in [0, 0.05) is 28.0 Å². The fraction of sp³-hybridized carbons (Fsp3) is 0.280. The average molecular weight is 453 g/mol. The van der Waals surface area contributed by atoms with Crippen molar-refractivity contribution in [3.63, 3.8) is 0 Å². The zero-order valence-corrected chi connectivity index (χ0v) is 19.2. The molecule has 6 heteroatoms. The van der Waals surface area contributed by atoms with E-state index in [1.165, 1.54) is 4.88 Å². The molecule has 1 unspecified atom stereocenters. The van der Waals surface area contributed by atoms with Crippen molar-refractivity contribution in [2.75, 3.05) is 13.1 Å². The minimum Gasteiger partial charge on any atom is -0.330 e. The lowest BCUT2D eigenvalue weighted by molar-refractivity contribution is -0.134. The van der Waals surface area contributed by atoms with Gasteiger partial charge >= 0.3 is 0 Å². The molecule has 4 rings (SSSR count). The molecule has 1 aliphatic rings. The van der Waals surface area contributed by atoms with Gasteiger partial charge in [-0.2, -0.15) is 0 Å². The number of thiophene rings is 1. The number of nitrogens with zero attached hydrogens (tertiary/aromatic N) is 2. The molecular formula is C25H25ClN2O2S. The van der Waals surface area contributed by atoms with Crippen molar-refractivity contribution in [3.05, 3.63) is 92.6 Å².